The van der Waals surface area contributed by atoms with Crippen molar-refractivity contribution in [3.05, 3.63) is 82.8 Å². The predicted octanol–water partition coefficient (Wildman–Crippen LogP) is 6.45. The minimum atomic E-state index is 0.638. The minimum Gasteiger partial charge on any atom is -0.457 e. The summed E-state index contributed by atoms with van der Waals surface area (Å²) < 4.78 is 5.76. The molecule has 0 amide bonds. The standard InChI is InChI=1S/C18H12Cl2O/c19-16-7-4-8-17(20)18(16)13-9-11-15(12-10-13)21-14-5-2-1-3-6-14/h1-12H. The minimum absolute atomic E-state index is 0.638. The lowest BCUT2D eigenvalue weighted by Crippen LogP contribution is -1.85. The second-order valence-electron chi connectivity index (χ2n) is 4.54. The van der Waals surface area contributed by atoms with Gasteiger partial charge in [-0.05, 0) is 42.0 Å². The van der Waals surface area contributed by atoms with Crippen LogP contribution in [0.15, 0.2) is 72.8 Å². The zero-order chi connectivity index (χ0) is 14.7. The van der Waals surface area contributed by atoms with Gasteiger partial charge in [0.15, 0.2) is 0 Å². The fourth-order valence-electron chi connectivity index (χ4n) is 2.09. The van der Waals surface area contributed by atoms with Crippen LogP contribution in [-0.2, 0) is 0 Å². The van der Waals surface area contributed by atoms with Crippen LogP contribution in [0.25, 0.3) is 11.1 Å². The Bertz CT molecular complexity index is 717. The molecule has 0 unspecified atom stereocenters. The molecule has 0 spiro atoms. The van der Waals surface area contributed by atoms with E-state index in [1.165, 1.54) is 0 Å². The quantitative estimate of drug-likeness (QED) is 0.539. The third kappa shape index (κ3) is 3.21. The molecule has 0 saturated heterocycles. The van der Waals surface area contributed by atoms with Gasteiger partial charge in [-0.25, -0.2) is 0 Å². The van der Waals surface area contributed by atoms with E-state index in [0.717, 1.165) is 22.6 Å². The van der Waals surface area contributed by atoms with Gasteiger partial charge >= 0.3 is 0 Å². The Hall–Kier alpha value is -1.96. The summed E-state index contributed by atoms with van der Waals surface area (Å²) in [5.41, 5.74) is 1.80. The monoisotopic (exact) mass is 314 g/mol. The fraction of sp³-hybridized carbons (Fsp3) is 0. The molecule has 0 fully saturated rings. The number of hydrogen-bond donors (Lipinski definition) is 0. The maximum absolute atomic E-state index is 6.22. The highest BCUT2D eigenvalue weighted by molar-refractivity contribution is 6.39. The second kappa shape index (κ2) is 6.21. The first-order valence-corrected chi connectivity index (χ1v) is 7.27. The molecule has 0 aromatic heterocycles. The van der Waals surface area contributed by atoms with Crippen LogP contribution in [0.5, 0.6) is 11.5 Å². The van der Waals surface area contributed by atoms with Crippen LogP contribution in [0.4, 0.5) is 0 Å². The molecule has 104 valence electrons. The van der Waals surface area contributed by atoms with E-state index >= 15 is 0 Å². The number of hydrogen-bond acceptors (Lipinski definition) is 1. The number of para-hydroxylation sites is 1. The van der Waals surface area contributed by atoms with Crippen molar-refractivity contribution >= 4 is 23.2 Å². The highest BCUT2D eigenvalue weighted by Gasteiger charge is 2.08. The van der Waals surface area contributed by atoms with Gasteiger partial charge in [0, 0.05) is 15.6 Å². The summed E-state index contributed by atoms with van der Waals surface area (Å²) in [6.07, 6.45) is 0. The van der Waals surface area contributed by atoms with Crippen molar-refractivity contribution in [2.75, 3.05) is 0 Å². The molecule has 0 saturated carbocycles. The van der Waals surface area contributed by atoms with Gasteiger partial charge < -0.3 is 4.74 Å². The molecule has 0 aliphatic rings. The zero-order valence-corrected chi connectivity index (χ0v) is 12.6. The summed E-state index contributed by atoms with van der Waals surface area (Å²) in [7, 11) is 0. The van der Waals surface area contributed by atoms with Gasteiger partial charge in [-0.1, -0.05) is 59.6 Å². The molecule has 0 heterocycles. The summed E-state index contributed by atoms with van der Waals surface area (Å²) in [5.74, 6) is 1.58. The molecule has 21 heavy (non-hydrogen) atoms. The summed E-state index contributed by atoms with van der Waals surface area (Å²) in [5, 5.41) is 1.28. The fourth-order valence-corrected chi connectivity index (χ4v) is 2.70. The smallest absolute Gasteiger partial charge is 0.127 e. The van der Waals surface area contributed by atoms with Gasteiger partial charge in [0.25, 0.3) is 0 Å². The third-order valence-electron chi connectivity index (χ3n) is 3.08. The van der Waals surface area contributed by atoms with Gasteiger partial charge in [-0.2, -0.15) is 0 Å². The van der Waals surface area contributed by atoms with E-state index in [0.29, 0.717) is 10.0 Å². The van der Waals surface area contributed by atoms with Crippen molar-refractivity contribution in [3.63, 3.8) is 0 Å². The Morgan fingerprint density at radius 1 is 0.571 bits per heavy atom. The average molecular weight is 315 g/mol. The van der Waals surface area contributed by atoms with Gasteiger partial charge in [-0.15, -0.1) is 0 Å². The van der Waals surface area contributed by atoms with Crippen molar-refractivity contribution in [1.82, 2.24) is 0 Å². The molecule has 3 rings (SSSR count). The largest absolute Gasteiger partial charge is 0.457 e. The molecule has 3 aromatic carbocycles. The number of rotatable bonds is 3. The Balaban J connectivity index is 1.88. The Morgan fingerprint density at radius 3 is 1.76 bits per heavy atom. The molecule has 0 N–H and O–H groups in total. The molecule has 0 bridgehead atoms. The van der Waals surface area contributed by atoms with Crippen LogP contribution < -0.4 is 4.74 Å². The van der Waals surface area contributed by atoms with Crippen molar-refractivity contribution in [3.8, 4) is 22.6 Å². The molecule has 0 atom stereocenters. The second-order valence-corrected chi connectivity index (χ2v) is 5.35. The number of benzene rings is 3. The van der Waals surface area contributed by atoms with E-state index in [1.54, 1.807) is 0 Å². The van der Waals surface area contributed by atoms with E-state index in [9.17, 15) is 0 Å². The maximum atomic E-state index is 6.22. The highest BCUT2D eigenvalue weighted by Crippen LogP contribution is 2.35. The summed E-state index contributed by atoms with van der Waals surface area (Å²) in [6, 6.07) is 22.9. The van der Waals surface area contributed by atoms with Gasteiger partial charge in [0.2, 0.25) is 0 Å². The first-order chi connectivity index (χ1) is 10.2. The lowest BCUT2D eigenvalue weighted by Gasteiger charge is -2.09. The summed E-state index contributed by atoms with van der Waals surface area (Å²) in [4.78, 5) is 0. The Morgan fingerprint density at radius 2 is 1.14 bits per heavy atom. The maximum Gasteiger partial charge on any atom is 0.127 e. The van der Waals surface area contributed by atoms with Crippen molar-refractivity contribution < 1.29 is 4.74 Å². The van der Waals surface area contributed by atoms with Crippen LogP contribution in [-0.4, -0.2) is 0 Å². The summed E-state index contributed by atoms with van der Waals surface area (Å²) in [6.45, 7) is 0. The van der Waals surface area contributed by atoms with E-state index in [2.05, 4.69) is 0 Å². The van der Waals surface area contributed by atoms with E-state index in [4.69, 9.17) is 27.9 Å². The number of ether oxygens (including phenoxy) is 1. The topological polar surface area (TPSA) is 9.23 Å². The van der Waals surface area contributed by atoms with Crippen LogP contribution >= 0.6 is 23.2 Å². The zero-order valence-electron chi connectivity index (χ0n) is 11.1. The Kier molecular flexibility index (Phi) is 4.14. The molecule has 1 nitrogen and oxygen atoms in total. The molecule has 0 aliphatic heterocycles. The molecule has 0 aliphatic carbocycles. The first-order valence-electron chi connectivity index (χ1n) is 6.51. The van der Waals surface area contributed by atoms with Gasteiger partial charge in [-0.3, -0.25) is 0 Å². The van der Waals surface area contributed by atoms with E-state index in [1.807, 2.05) is 72.8 Å². The van der Waals surface area contributed by atoms with Crippen molar-refractivity contribution in [1.29, 1.82) is 0 Å². The molecular formula is C18H12Cl2O. The van der Waals surface area contributed by atoms with E-state index in [-0.39, 0.29) is 0 Å². The van der Waals surface area contributed by atoms with Gasteiger partial charge in [0.05, 0.1) is 0 Å². The van der Waals surface area contributed by atoms with Crippen LogP contribution in [0.3, 0.4) is 0 Å². The van der Waals surface area contributed by atoms with E-state index < -0.39 is 0 Å². The number of halogens is 2. The van der Waals surface area contributed by atoms with Crippen LogP contribution in [0.1, 0.15) is 0 Å². The molecule has 0 radical (unpaired) electrons. The SMILES string of the molecule is Clc1cccc(Cl)c1-c1ccc(Oc2ccccc2)cc1. The lowest BCUT2D eigenvalue weighted by atomic mass is 10.1. The lowest BCUT2D eigenvalue weighted by molar-refractivity contribution is 0.483. The third-order valence-corrected chi connectivity index (χ3v) is 3.71. The summed E-state index contributed by atoms with van der Waals surface area (Å²) >= 11 is 12.4. The van der Waals surface area contributed by atoms with Crippen molar-refractivity contribution in [2.24, 2.45) is 0 Å². The first kappa shape index (κ1) is 14.0. The molecule has 3 heteroatoms. The van der Waals surface area contributed by atoms with Crippen LogP contribution in [0.2, 0.25) is 10.0 Å². The van der Waals surface area contributed by atoms with Crippen LogP contribution in [0, 0.1) is 0 Å². The molecule has 3 aromatic rings. The predicted molar refractivity (Wildman–Crippen MR) is 88.4 cm³/mol. The normalized spacial score (nSPS) is 10.4. The Labute approximate surface area is 133 Å². The van der Waals surface area contributed by atoms with Crippen molar-refractivity contribution in [2.45, 2.75) is 0 Å². The average Bonchev–Trinajstić information content (AvgIpc) is 2.50. The highest BCUT2D eigenvalue weighted by atomic mass is 35.5. The molecular weight excluding hydrogens is 303 g/mol. The van der Waals surface area contributed by atoms with Gasteiger partial charge in [0.1, 0.15) is 11.5 Å².